The van der Waals surface area contributed by atoms with Gasteiger partial charge in [0.2, 0.25) is 0 Å². The van der Waals surface area contributed by atoms with E-state index >= 15 is 0 Å². The van der Waals surface area contributed by atoms with Gasteiger partial charge in [0.25, 0.3) is 0 Å². The molecule has 0 N–H and O–H groups in total. The molecule has 126 valence electrons. The molecule has 0 atom stereocenters. The largest absolute Gasteiger partial charge is 0.233 e. The summed E-state index contributed by atoms with van der Waals surface area (Å²) < 4.78 is 0. The first-order valence-corrected chi connectivity index (χ1v) is 8.91. The van der Waals surface area contributed by atoms with E-state index < -0.39 is 0 Å². The average Bonchev–Trinajstić information content (AvgIpc) is 2.74. The van der Waals surface area contributed by atoms with Crippen LogP contribution in [0.3, 0.4) is 0 Å². The van der Waals surface area contributed by atoms with Crippen LogP contribution in [0.25, 0.3) is 22.5 Å². The Hall–Kier alpha value is -3.26. The zero-order valence-electron chi connectivity index (χ0n) is 14.5. The standard InChI is InChI=1S/C24H20N2/c1-4-10-19(11-5-1)16-17-24-25-22(20-12-6-2-7-13-20)18-23(26-24)21-14-8-3-9-15-21/h1-15,18H,16-17H2. The van der Waals surface area contributed by atoms with Gasteiger partial charge in [0.05, 0.1) is 11.4 Å². The topological polar surface area (TPSA) is 25.8 Å². The number of hydrogen-bond donors (Lipinski definition) is 0. The number of hydrogen-bond acceptors (Lipinski definition) is 2. The summed E-state index contributed by atoms with van der Waals surface area (Å²) in [5, 5.41) is 0. The first-order chi connectivity index (χ1) is 12.9. The number of rotatable bonds is 5. The maximum absolute atomic E-state index is 4.83. The van der Waals surface area contributed by atoms with Gasteiger partial charge in [-0.3, -0.25) is 0 Å². The van der Waals surface area contributed by atoms with E-state index in [0.29, 0.717) is 0 Å². The SMILES string of the molecule is c1ccc(CCc2nc(-c3ccccc3)cc(-c3ccccc3)n2)cc1. The van der Waals surface area contributed by atoms with Gasteiger partial charge in [-0.05, 0) is 18.1 Å². The Kier molecular flexibility index (Phi) is 4.83. The van der Waals surface area contributed by atoms with Crippen LogP contribution in [0, 0.1) is 0 Å². The van der Waals surface area contributed by atoms with Gasteiger partial charge in [0, 0.05) is 17.5 Å². The van der Waals surface area contributed by atoms with Crippen LogP contribution in [0.15, 0.2) is 97.1 Å². The molecule has 0 aliphatic heterocycles. The van der Waals surface area contributed by atoms with Crippen molar-refractivity contribution in [2.45, 2.75) is 12.8 Å². The van der Waals surface area contributed by atoms with E-state index in [2.05, 4.69) is 54.6 Å². The molecule has 4 rings (SSSR count). The highest BCUT2D eigenvalue weighted by Gasteiger charge is 2.08. The van der Waals surface area contributed by atoms with E-state index in [-0.39, 0.29) is 0 Å². The molecule has 26 heavy (non-hydrogen) atoms. The van der Waals surface area contributed by atoms with Gasteiger partial charge in [0.15, 0.2) is 0 Å². The predicted octanol–water partition coefficient (Wildman–Crippen LogP) is 5.60. The molecule has 0 aliphatic carbocycles. The van der Waals surface area contributed by atoms with E-state index in [0.717, 1.165) is 41.2 Å². The Morgan fingerprint density at radius 1 is 0.500 bits per heavy atom. The highest BCUT2D eigenvalue weighted by Crippen LogP contribution is 2.24. The monoisotopic (exact) mass is 336 g/mol. The summed E-state index contributed by atoms with van der Waals surface area (Å²) in [6.45, 7) is 0. The summed E-state index contributed by atoms with van der Waals surface area (Å²) in [5.41, 5.74) is 5.49. The molecule has 0 aliphatic rings. The lowest BCUT2D eigenvalue weighted by Gasteiger charge is -2.09. The van der Waals surface area contributed by atoms with E-state index in [4.69, 9.17) is 9.97 Å². The van der Waals surface area contributed by atoms with Gasteiger partial charge < -0.3 is 0 Å². The molecule has 1 heterocycles. The van der Waals surface area contributed by atoms with Gasteiger partial charge in [-0.25, -0.2) is 9.97 Å². The second kappa shape index (κ2) is 7.75. The Morgan fingerprint density at radius 2 is 0.962 bits per heavy atom. The van der Waals surface area contributed by atoms with E-state index in [1.54, 1.807) is 0 Å². The third-order valence-electron chi connectivity index (χ3n) is 4.39. The Bertz CT molecular complexity index is 907. The van der Waals surface area contributed by atoms with Crippen molar-refractivity contribution >= 4 is 0 Å². The van der Waals surface area contributed by atoms with Crippen molar-refractivity contribution in [3.05, 3.63) is 108 Å². The zero-order valence-corrected chi connectivity index (χ0v) is 14.5. The molecule has 0 saturated carbocycles. The van der Waals surface area contributed by atoms with Gasteiger partial charge in [0.1, 0.15) is 5.82 Å². The van der Waals surface area contributed by atoms with E-state index in [9.17, 15) is 0 Å². The van der Waals surface area contributed by atoms with Crippen molar-refractivity contribution in [3.63, 3.8) is 0 Å². The van der Waals surface area contributed by atoms with E-state index in [1.165, 1.54) is 5.56 Å². The Balaban J connectivity index is 1.70. The summed E-state index contributed by atoms with van der Waals surface area (Å²) in [4.78, 5) is 9.67. The van der Waals surface area contributed by atoms with Crippen LogP contribution in [0.2, 0.25) is 0 Å². The second-order valence-electron chi connectivity index (χ2n) is 6.27. The first kappa shape index (κ1) is 16.2. The van der Waals surface area contributed by atoms with Gasteiger partial charge in [-0.1, -0.05) is 91.0 Å². The molecule has 0 saturated heterocycles. The average molecular weight is 336 g/mol. The number of benzene rings is 3. The van der Waals surface area contributed by atoms with Crippen molar-refractivity contribution in [2.24, 2.45) is 0 Å². The fourth-order valence-electron chi connectivity index (χ4n) is 3.02. The van der Waals surface area contributed by atoms with Crippen LogP contribution in [0.5, 0.6) is 0 Å². The zero-order chi connectivity index (χ0) is 17.6. The maximum atomic E-state index is 4.83. The van der Waals surface area contributed by atoms with Gasteiger partial charge >= 0.3 is 0 Å². The lowest BCUT2D eigenvalue weighted by Crippen LogP contribution is -2.01. The molecule has 0 spiro atoms. The fraction of sp³-hybridized carbons (Fsp3) is 0.0833. The van der Waals surface area contributed by atoms with Crippen molar-refractivity contribution in [2.75, 3.05) is 0 Å². The van der Waals surface area contributed by atoms with Crippen molar-refractivity contribution in [1.82, 2.24) is 9.97 Å². The molecule has 0 fully saturated rings. The molecule has 4 aromatic rings. The summed E-state index contributed by atoms with van der Waals surface area (Å²) in [6, 6.07) is 33.2. The van der Waals surface area contributed by atoms with Crippen LogP contribution >= 0.6 is 0 Å². The lowest BCUT2D eigenvalue weighted by atomic mass is 10.1. The van der Waals surface area contributed by atoms with Crippen molar-refractivity contribution in [1.29, 1.82) is 0 Å². The quantitative estimate of drug-likeness (QED) is 0.474. The molecule has 1 aromatic heterocycles. The minimum atomic E-state index is 0.824. The lowest BCUT2D eigenvalue weighted by molar-refractivity contribution is 0.862. The highest BCUT2D eigenvalue weighted by atomic mass is 14.9. The molecule has 0 amide bonds. The highest BCUT2D eigenvalue weighted by molar-refractivity contribution is 5.67. The van der Waals surface area contributed by atoms with Crippen LogP contribution in [0.4, 0.5) is 0 Å². The molecule has 0 bridgehead atoms. The fourth-order valence-corrected chi connectivity index (χ4v) is 3.02. The minimum absolute atomic E-state index is 0.824. The summed E-state index contributed by atoms with van der Waals surface area (Å²) in [6.07, 6.45) is 1.76. The Morgan fingerprint density at radius 3 is 1.46 bits per heavy atom. The molecule has 2 nitrogen and oxygen atoms in total. The molecule has 3 aromatic carbocycles. The third-order valence-corrected chi connectivity index (χ3v) is 4.39. The molecule has 2 heteroatoms. The molecule has 0 radical (unpaired) electrons. The summed E-state index contributed by atoms with van der Waals surface area (Å²) in [5.74, 6) is 0.883. The number of aromatic nitrogens is 2. The van der Waals surface area contributed by atoms with Gasteiger partial charge in [-0.15, -0.1) is 0 Å². The van der Waals surface area contributed by atoms with Gasteiger partial charge in [-0.2, -0.15) is 0 Å². The van der Waals surface area contributed by atoms with Crippen LogP contribution in [0.1, 0.15) is 11.4 Å². The number of aryl methyl sites for hydroxylation is 2. The van der Waals surface area contributed by atoms with Crippen molar-refractivity contribution < 1.29 is 0 Å². The minimum Gasteiger partial charge on any atom is -0.233 e. The number of nitrogens with zero attached hydrogens (tertiary/aromatic N) is 2. The smallest absolute Gasteiger partial charge is 0.130 e. The van der Waals surface area contributed by atoms with Crippen molar-refractivity contribution in [3.8, 4) is 22.5 Å². The third kappa shape index (κ3) is 3.86. The van der Waals surface area contributed by atoms with E-state index in [1.807, 2.05) is 42.5 Å². The predicted molar refractivity (Wildman–Crippen MR) is 107 cm³/mol. The van der Waals surface area contributed by atoms with Crippen LogP contribution in [-0.2, 0) is 12.8 Å². The maximum Gasteiger partial charge on any atom is 0.130 e. The molecule has 0 unspecified atom stereocenters. The summed E-state index contributed by atoms with van der Waals surface area (Å²) >= 11 is 0. The first-order valence-electron chi connectivity index (χ1n) is 8.91. The van der Waals surface area contributed by atoms with Crippen LogP contribution < -0.4 is 0 Å². The van der Waals surface area contributed by atoms with Crippen LogP contribution in [-0.4, -0.2) is 9.97 Å². The normalized spacial score (nSPS) is 10.6. The second-order valence-corrected chi connectivity index (χ2v) is 6.27. The Labute approximate surface area is 154 Å². The summed E-state index contributed by atoms with van der Waals surface area (Å²) in [7, 11) is 0. The molecular weight excluding hydrogens is 316 g/mol. The molecular formula is C24H20N2.